The average molecular weight is 213 g/mol. The fourth-order valence-corrected chi connectivity index (χ4v) is 1.40. The zero-order chi connectivity index (χ0) is 11.5. The largest absolute Gasteiger partial charge is 0.269 e. The molecule has 0 aromatic heterocycles. The zero-order valence-corrected chi connectivity index (χ0v) is 8.88. The van der Waals surface area contributed by atoms with Gasteiger partial charge in [-0.15, -0.1) is 0 Å². The van der Waals surface area contributed by atoms with Gasteiger partial charge in [0.05, 0.1) is 0 Å². The highest BCUT2D eigenvalue weighted by Gasteiger charge is 2.20. The Bertz CT molecular complexity index is 465. The van der Waals surface area contributed by atoms with Crippen molar-refractivity contribution in [3.63, 3.8) is 0 Å². The summed E-state index contributed by atoms with van der Waals surface area (Å²) in [6.45, 7) is 2.00. The van der Waals surface area contributed by atoms with Gasteiger partial charge in [0.15, 0.2) is 0 Å². The molecule has 1 aromatic carbocycles. The van der Waals surface area contributed by atoms with Crippen molar-refractivity contribution in [2.45, 2.75) is 6.92 Å². The summed E-state index contributed by atoms with van der Waals surface area (Å²) in [5.41, 5.74) is 2.13. The Morgan fingerprint density at radius 3 is 2.12 bits per heavy atom. The smallest absolute Gasteiger partial charge is 0.257 e. The first-order valence-electron chi connectivity index (χ1n) is 4.97. The van der Waals surface area contributed by atoms with Gasteiger partial charge in [0.1, 0.15) is 0 Å². The molecule has 0 atom stereocenters. The van der Waals surface area contributed by atoms with Crippen LogP contribution in [-0.2, 0) is 9.59 Å². The molecule has 1 heterocycles. The average Bonchev–Trinajstić information content (AvgIpc) is 2.59. The lowest BCUT2D eigenvalue weighted by Crippen LogP contribution is -2.23. The number of carbonyl (C=O) groups excluding carboxylic acids is 2. The number of hydrogen-bond acceptors (Lipinski definition) is 2. The van der Waals surface area contributed by atoms with E-state index in [1.807, 2.05) is 31.2 Å². The summed E-state index contributed by atoms with van der Waals surface area (Å²) >= 11 is 0. The Balaban J connectivity index is 2.13. The number of aryl methyl sites for hydroxylation is 1. The molecule has 3 nitrogen and oxygen atoms in total. The van der Waals surface area contributed by atoms with E-state index >= 15 is 0 Å². The number of rotatable bonds is 2. The van der Waals surface area contributed by atoms with Crippen molar-refractivity contribution in [2.24, 2.45) is 0 Å². The molecule has 2 rings (SSSR count). The predicted molar refractivity (Wildman–Crippen MR) is 61.2 cm³/mol. The molecule has 1 aliphatic rings. The maximum Gasteiger partial charge on any atom is 0.257 e. The molecule has 2 amide bonds. The van der Waals surface area contributed by atoms with Crippen LogP contribution in [0.4, 0.5) is 0 Å². The van der Waals surface area contributed by atoms with Gasteiger partial charge in [-0.2, -0.15) is 0 Å². The van der Waals surface area contributed by atoms with Crippen molar-refractivity contribution >= 4 is 17.9 Å². The highest BCUT2D eigenvalue weighted by Crippen LogP contribution is 2.09. The number of carbonyl (C=O) groups is 2. The first-order chi connectivity index (χ1) is 7.66. The topological polar surface area (TPSA) is 37.4 Å². The maximum atomic E-state index is 11.2. The highest BCUT2D eigenvalue weighted by molar-refractivity contribution is 6.13. The van der Waals surface area contributed by atoms with Crippen LogP contribution in [-0.4, -0.2) is 16.7 Å². The number of imide groups is 1. The molecule has 1 aromatic rings. The fourth-order valence-electron chi connectivity index (χ4n) is 1.40. The second-order valence-electron chi connectivity index (χ2n) is 3.61. The first-order valence-corrected chi connectivity index (χ1v) is 4.97. The Morgan fingerprint density at radius 2 is 1.56 bits per heavy atom. The molecular formula is C13H11NO2. The van der Waals surface area contributed by atoms with Crippen LogP contribution in [0, 0.1) is 6.92 Å². The summed E-state index contributed by atoms with van der Waals surface area (Å²) in [5.74, 6) is -0.596. The van der Waals surface area contributed by atoms with Crippen LogP contribution in [0.25, 0.3) is 6.08 Å². The second-order valence-corrected chi connectivity index (χ2v) is 3.61. The summed E-state index contributed by atoms with van der Waals surface area (Å²) < 4.78 is 0. The van der Waals surface area contributed by atoms with E-state index < -0.39 is 0 Å². The minimum absolute atomic E-state index is 0.298. The van der Waals surface area contributed by atoms with Crippen LogP contribution in [0.2, 0.25) is 0 Å². The molecule has 0 unspecified atom stereocenters. The molecule has 0 saturated carbocycles. The van der Waals surface area contributed by atoms with Crippen LogP contribution in [0.3, 0.4) is 0 Å². The summed E-state index contributed by atoms with van der Waals surface area (Å²) in [4.78, 5) is 23.5. The second kappa shape index (κ2) is 4.14. The first kappa shape index (κ1) is 10.4. The number of amides is 2. The standard InChI is InChI=1S/C13H11NO2/c1-10-2-4-11(5-3-10)8-9-14-12(15)6-7-13(14)16/h2-9H,1H3. The van der Waals surface area contributed by atoms with Gasteiger partial charge in [0.2, 0.25) is 0 Å². The molecule has 3 heteroatoms. The lowest BCUT2D eigenvalue weighted by Gasteiger charge is -2.06. The minimum Gasteiger partial charge on any atom is -0.269 e. The van der Waals surface area contributed by atoms with Crippen molar-refractivity contribution in [1.82, 2.24) is 4.90 Å². The summed E-state index contributed by atoms with van der Waals surface area (Å²) in [5, 5.41) is 0. The van der Waals surface area contributed by atoms with Crippen LogP contribution in [0.15, 0.2) is 42.6 Å². The molecule has 0 fully saturated rings. The van der Waals surface area contributed by atoms with Crippen LogP contribution in [0.1, 0.15) is 11.1 Å². The van der Waals surface area contributed by atoms with E-state index in [9.17, 15) is 9.59 Å². The summed E-state index contributed by atoms with van der Waals surface area (Å²) in [6, 6.07) is 7.83. The van der Waals surface area contributed by atoms with E-state index in [1.165, 1.54) is 23.9 Å². The SMILES string of the molecule is Cc1ccc(C=CN2C(=O)C=CC2=O)cc1. The van der Waals surface area contributed by atoms with Crippen molar-refractivity contribution in [2.75, 3.05) is 0 Å². The zero-order valence-electron chi connectivity index (χ0n) is 8.88. The van der Waals surface area contributed by atoms with Gasteiger partial charge in [-0.05, 0) is 18.6 Å². The third-order valence-electron chi connectivity index (χ3n) is 2.34. The van der Waals surface area contributed by atoms with E-state index in [0.717, 1.165) is 10.5 Å². The Kier molecular flexibility index (Phi) is 2.68. The van der Waals surface area contributed by atoms with Crippen molar-refractivity contribution in [3.05, 3.63) is 53.7 Å². The predicted octanol–water partition coefficient (Wildman–Crippen LogP) is 1.89. The van der Waals surface area contributed by atoms with Crippen LogP contribution >= 0.6 is 0 Å². The number of nitrogens with zero attached hydrogens (tertiary/aromatic N) is 1. The highest BCUT2D eigenvalue weighted by atomic mass is 16.2. The quantitative estimate of drug-likeness (QED) is 0.703. The third-order valence-corrected chi connectivity index (χ3v) is 2.34. The molecular weight excluding hydrogens is 202 g/mol. The lowest BCUT2D eigenvalue weighted by molar-refractivity contribution is -0.133. The van der Waals surface area contributed by atoms with Crippen molar-refractivity contribution in [3.8, 4) is 0 Å². The Labute approximate surface area is 93.7 Å². The molecule has 16 heavy (non-hydrogen) atoms. The number of benzene rings is 1. The van der Waals surface area contributed by atoms with Gasteiger partial charge in [-0.25, -0.2) is 0 Å². The summed E-state index contributed by atoms with van der Waals surface area (Å²) in [7, 11) is 0. The van der Waals surface area contributed by atoms with Gasteiger partial charge < -0.3 is 0 Å². The van der Waals surface area contributed by atoms with Gasteiger partial charge in [0.25, 0.3) is 11.8 Å². The van der Waals surface area contributed by atoms with Crippen molar-refractivity contribution < 1.29 is 9.59 Å². The number of hydrogen-bond donors (Lipinski definition) is 0. The Hall–Kier alpha value is -2.16. The fraction of sp³-hybridized carbons (Fsp3) is 0.0769. The van der Waals surface area contributed by atoms with Crippen molar-refractivity contribution in [1.29, 1.82) is 0 Å². The van der Waals surface area contributed by atoms with E-state index in [4.69, 9.17) is 0 Å². The van der Waals surface area contributed by atoms with E-state index in [2.05, 4.69) is 0 Å². The molecule has 0 aliphatic carbocycles. The Morgan fingerprint density at radius 1 is 1.00 bits per heavy atom. The summed E-state index contributed by atoms with van der Waals surface area (Å²) in [6.07, 6.45) is 5.77. The van der Waals surface area contributed by atoms with Gasteiger partial charge in [-0.3, -0.25) is 14.5 Å². The molecule has 0 radical (unpaired) electrons. The molecule has 0 spiro atoms. The molecule has 80 valence electrons. The molecule has 0 N–H and O–H groups in total. The minimum atomic E-state index is -0.298. The van der Waals surface area contributed by atoms with Crippen LogP contribution in [0.5, 0.6) is 0 Å². The molecule has 0 saturated heterocycles. The normalized spacial score (nSPS) is 15.4. The molecule has 1 aliphatic heterocycles. The lowest BCUT2D eigenvalue weighted by atomic mass is 10.1. The maximum absolute atomic E-state index is 11.2. The third kappa shape index (κ3) is 2.08. The van der Waals surface area contributed by atoms with E-state index in [-0.39, 0.29) is 11.8 Å². The van der Waals surface area contributed by atoms with Gasteiger partial charge in [-0.1, -0.05) is 29.8 Å². The van der Waals surface area contributed by atoms with Gasteiger partial charge >= 0.3 is 0 Å². The van der Waals surface area contributed by atoms with Gasteiger partial charge in [0, 0.05) is 18.4 Å². The van der Waals surface area contributed by atoms with E-state index in [0.29, 0.717) is 0 Å². The van der Waals surface area contributed by atoms with E-state index in [1.54, 1.807) is 6.08 Å². The monoisotopic (exact) mass is 213 g/mol. The van der Waals surface area contributed by atoms with Crippen LogP contribution < -0.4 is 0 Å². The molecule has 0 bridgehead atoms.